The molecule has 0 amide bonds. The summed E-state index contributed by atoms with van der Waals surface area (Å²) in [6.07, 6.45) is 2.44. The summed E-state index contributed by atoms with van der Waals surface area (Å²) < 4.78 is 0. The fourth-order valence-corrected chi connectivity index (χ4v) is 1.16. The highest BCUT2D eigenvalue weighted by molar-refractivity contribution is 5.65. The molecule has 0 aliphatic heterocycles. The maximum absolute atomic E-state index is 9.06. The molecule has 1 aromatic carbocycles. The Morgan fingerprint density at radius 1 is 1.15 bits per heavy atom. The molecule has 0 unspecified atom stereocenters. The molecule has 0 atom stereocenters. The average molecular weight is 178 g/mol. The maximum atomic E-state index is 9.06. The van der Waals surface area contributed by atoms with Crippen molar-refractivity contribution in [1.82, 2.24) is 0 Å². The van der Waals surface area contributed by atoms with Gasteiger partial charge in [-0.05, 0) is 17.6 Å². The summed E-state index contributed by atoms with van der Waals surface area (Å²) in [5, 5.41) is 17.7. The molecule has 2 nitrogen and oxygen atoms in total. The van der Waals surface area contributed by atoms with E-state index in [0.29, 0.717) is 6.42 Å². The molecule has 70 valence electrons. The Labute approximate surface area is 78.2 Å². The van der Waals surface area contributed by atoms with E-state index in [1.807, 2.05) is 36.4 Å². The molecular formula is C11H14O2. The average Bonchev–Trinajstić information content (AvgIpc) is 2.21. The first-order chi connectivity index (χ1) is 6.38. The van der Waals surface area contributed by atoms with E-state index >= 15 is 0 Å². The summed E-state index contributed by atoms with van der Waals surface area (Å²) >= 11 is 0. The van der Waals surface area contributed by atoms with Crippen molar-refractivity contribution in [2.45, 2.75) is 6.42 Å². The van der Waals surface area contributed by atoms with Crippen molar-refractivity contribution < 1.29 is 10.2 Å². The summed E-state index contributed by atoms with van der Waals surface area (Å²) in [4.78, 5) is 0. The first-order valence-electron chi connectivity index (χ1n) is 4.34. The van der Waals surface area contributed by atoms with Crippen LogP contribution in [0.2, 0.25) is 0 Å². The Bertz CT molecular complexity index is 265. The van der Waals surface area contributed by atoms with E-state index in [4.69, 9.17) is 10.2 Å². The molecule has 0 aliphatic carbocycles. The minimum atomic E-state index is 0.0179. The predicted molar refractivity (Wildman–Crippen MR) is 53.2 cm³/mol. The van der Waals surface area contributed by atoms with E-state index in [0.717, 1.165) is 11.1 Å². The Kier molecular flexibility index (Phi) is 4.23. The van der Waals surface area contributed by atoms with Crippen LogP contribution in [0.3, 0.4) is 0 Å². The van der Waals surface area contributed by atoms with E-state index in [1.54, 1.807) is 0 Å². The fraction of sp³-hybridized carbons (Fsp3) is 0.273. The maximum Gasteiger partial charge on any atom is 0.0684 e. The number of hydrogen-bond acceptors (Lipinski definition) is 2. The number of rotatable bonds is 4. The molecule has 1 rings (SSSR count). The second kappa shape index (κ2) is 5.51. The van der Waals surface area contributed by atoms with Gasteiger partial charge >= 0.3 is 0 Å². The molecule has 0 aliphatic rings. The molecule has 2 heteroatoms. The molecule has 2 N–H and O–H groups in total. The zero-order valence-corrected chi connectivity index (χ0v) is 7.48. The summed E-state index contributed by atoms with van der Waals surface area (Å²) in [5.74, 6) is 0. The molecule has 0 bridgehead atoms. The quantitative estimate of drug-likeness (QED) is 0.732. The predicted octanol–water partition coefficient (Wildman–Crippen LogP) is 1.44. The molecular weight excluding hydrogens is 164 g/mol. The van der Waals surface area contributed by atoms with Gasteiger partial charge in [-0.15, -0.1) is 0 Å². The van der Waals surface area contributed by atoms with Crippen molar-refractivity contribution in [2.24, 2.45) is 0 Å². The normalized spacial score (nSPS) is 11.7. The van der Waals surface area contributed by atoms with Crippen molar-refractivity contribution in [3.8, 4) is 0 Å². The lowest BCUT2D eigenvalue weighted by atomic mass is 10.1. The van der Waals surface area contributed by atoms with E-state index < -0.39 is 0 Å². The summed E-state index contributed by atoms with van der Waals surface area (Å²) in [6.45, 7) is 0.139. The third-order valence-electron chi connectivity index (χ3n) is 1.83. The van der Waals surface area contributed by atoms with Gasteiger partial charge in [-0.3, -0.25) is 0 Å². The third kappa shape index (κ3) is 3.01. The van der Waals surface area contributed by atoms with Crippen LogP contribution in [-0.4, -0.2) is 23.4 Å². The van der Waals surface area contributed by atoms with Gasteiger partial charge in [0.05, 0.1) is 6.61 Å². The Balaban J connectivity index is 2.78. The molecule has 0 fully saturated rings. The van der Waals surface area contributed by atoms with E-state index in [2.05, 4.69) is 0 Å². The summed E-state index contributed by atoms with van der Waals surface area (Å²) in [5.41, 5.74) is 1.88. The standard InChI is InChI=1S/C11H14O2/c12-8-4-7-11(9-13)10-5-2-1-3-6-10/h1-3,5-7,12-13H,4,8-9H2/b11-7-. The van der Waals surface area contributed by atoms with Crippen LogP contribution in [0.1, 0.15) is 12.0 Å². The van der Waals surface area contributed by atoms with Crippen LogP contribution in [0.5, 0.6) is 0 Å². The Morgan fingerprint density at radius 3 is 2.38 bits per heavy atom. The highest BCUT2D eigenvalue weighted by Crippen LogP contribution is 2.13. The lowest BCUT2D eigenvalue weighted by Gasteiger charge is -2.03. The SMILES string of the molecule is OCC/C=C(/CO)c1ccccc1. The van der Waals surface area contributed by atoms with Crippen molar-refractivity contribution in [3.63, 3.8) is 0 Å². The first kappa shape index (κ1) is 9.96. The fourth-order valence-electron chi connectivity index (χ4n) is 1.16. The van der Waals surface area contributed by atoms with Gasteiger partial charge in [0.1, 0.15) is 0 Å². The van der Waals surface area contributed by atoms with Gasteiger partial charge in [0.25, 0.3) is 0 Å². The molecule has 0 saturated carbocycles. The van der Waals surface area contributed by atoms with Crippen LogP contribution in [0, 0.1) is 0 Å². The van der Waals surface area contributed by atoms with E-state index in [9.17, 15) is 0 Å². The summed E-state index contributed by atoms with van der Waals surface area (Å²) in [7, 11) is 0. The first-order valence-corrected chi connectivity index (χ1v) is 4.34. The largest absolute Gasteiger partial charge is 0.396 e. The molecule has 0 spiro atoms. The number of hydrogen-bond donors (Lipinski definition) is 2. The molecule has 0 aromatic heterocycles. The van der Waals surface area contributed by atoms with Crippen LogP contribution in [-0.2, 0) is 0 Å². The topological polar surface area (TPSA) is 40.5 Å². The molecule has 0 heterocycles. The van der Waals surface area contributed by atoms with Gasteiger partial charge in [0, 0.05) is 6.61 Å². The van der Waals surface area contributed by atoms with Crippen LogP contribution in [0.15, 0.2) is 36.4 Å². The van der Waals surface area contributed by atoms with Crippen molar-refractivity contribution in [1.29, 1.82) is 0 Å². The lowest BCUT2D eigenvalue weighted by molar-refractivity contribution is 0.302. The van der Waals surface area contributed by atoms with Crippen LogP contribution >= 0.6 is 0 Å². The van der Waals surface area contributed by atoms with Gasteiger partial charge in [-0.25, -0.2) is 0 Å². The van der Waals surface area contributed by atoms with Crippen molar-refractivity contribution >= 4 is 5.57 Å². The molecule has 0 radical (unpaired) electrons. The van der Waals surface area contributed by atoms with Crippen LogP contribution < -0.4 is 0 Å². The van der Waals surface area contributed by atoms with Crippen LogP contribution in [0.25, 0.3) is 5.57 Å². The smallest absolute Gasteiger partial charge is 0.0684 e. The van der Waals surface area contributed by atoms with Gasteiger partial charge in [0.15, 0.2) is 0 Å². The van der Waals surface area contributed by atoms with Gasteiger partial charge < -0.3 is 10.2 Å². The van der Waals surface area contributed by atoms with Crippen molar-refractivity contribution in [2.75, 3.05) is 13.2 Å². The zero-order valence-electron chi connectivity index (χ0n) is 7.48. The molecule has 1 aromatic rings. The third-order valence-corrected chi connectivity index (χ3v) is 1.83. The highest BCUT2D eigenvalue weighted by atomic mass is 16.3. The zero-order chi connectivity index (χ0) is 9.52. The molecule has 0 saturated heterocycles. The lowest BCUT2D eigenvalue weighted by Crippen LogP contribution is -1.91. The molecule has 13 heavy (non-hydrogen) atoms. The second-order valence-corrected chi connectivity index (χ2v) is 2.77. The van der Waals surface area contributed by atoms with Gasteiger partial charge in [-0.2, -0.15) is 0 Å². The summed E-state index contributed by atoms with van der Waals surface area (Å²) in [6, 6.07) is 9.68. The van der Waals surface area contributed by atoms with Crippen molar-refractivity contribution in [3.05, 3.63) is 42.0 Å². The minimum absolute atomic E-state index is 0.0179. The van der Waals surface area contributed by atoms with Gasteiger partial charge in [-0.1, -0.05) is 36.4 Å². The second-order valence-electron chi connectivity index (χ2n) is 2.77. The van der Waals surface area contributed by atoms with Gasteiger partial charge in [0.2, 0.25) is 0 Å². The highest BCUT2D eigenvalue weighted by Gasteiger charge is 1.97. The number of benzene rings is 1. The van der Waals surface area contributed by atoms with E-state index in [-0.39, 0.29) is 13.2 Å². The van der Waals surface area contributed by atoms with E-state index in [1.165, 1.54) is 0 Å². The monoisotopic (exact) mass is 178 g/mol. The number of aliphatic hydroxyl groups is 2. The Hall–Kier alpha value is -1.12. The van der Waals surface area contributed by atoms with Crippen LogP contribution in [0.4, 0.5) is 0 Å². The number of aliphatic hydroxyl groups excluding tert-OH is 2. The minimum Gasteiger partial charge on any atom is -0.396 e. The Morgan fingerprint density at radius 2 is 1.85 bits per heavy atom.